The van der Waals surface area contributed by atoms with Crippen LogP contribution in [0.5, 0.6) is 17.2 Å². The highest BCUT2D eigenvalue weighted by Gasteiger charge is 2.19. The number of nitrogens with zero attached hydrogens (tertiary/aromatic N) is 1. The lowest BCUT2D eigenvalue weighted by Crippen LogP contribution is -2.18. The van der Waals surface area contributed by atoms with Gasteiger partial charge in [0, 0.05) is 54.1 Å². The summed E-state index contributed by atoms with van der Waals surface area (Å²) in [6.45, 7) is 0.678. The summed E-state index contributed by atoms with van der Waals surface area (Å²) in [5.74, 6) is 1.31. The summed E-state index contributed by atoms with van der Waals surface area (Å²) in [6, 6.07) is 15.0. The molecule has 0 unspecified atom stereocenters. The average Bonchev–Trinajstić information content (AvgIpc) is 3.26. The second kappa shape index (κ2) is 10.1. The Balaban J connectivity index is 1.79. The van der Waals surface area contributed by atoms with Gasteiger partial charge in [-0.3, -0.25) is 4.79 Å². The van der Waals surface area contributed by atoms with Crippen molar-refractivity contribution >= 4 is 23.2 Å². The fourth-order valence-corrected chi connectivity index (χ4v) is 3.48. The number of ether oxygens (including phenoxy) is 3. The van der Waals surface area contributed by atoms with E-state index in [1.165, 1.54) is 21.3 Å². The lowest BCUT2D eigenvalue weighted by Gasteiger charge is -2.19. The van der Waals surface area contributed by atoms with Crippen LogP contribution < -0.4 is 19.5 Å². The molecule has 6 nitrogen and oxygen atoms in total. The third-order valence-electron chi connectivity index (χ3n) is 4.82. The molecule has 0 aliphatic rings. The Morgan fingerprint density at radius 2 is 1.60 bits per heavy atom. The summed E-state index contributed by atoms with van der Waals surface area (Å²) in [5, 5.41) is 3.61. The van der Waals surface area contributed by atoms with E-state index in [-0.39, 0.29) is 11.8 Å². The highest BCUT2D eigenvalue weighted by molar-refractivity contribution is 6.30. The second-order valence-corrected chi connectivity index (χ2v) is 7.23. The molecular formula is C23H25ClN2O4. The van der Waals surface area contributed by atoms with Crippen molar-refractivity contribution in [1.29, 1.82) is 0 Å². The fraction of sp³-hybridized carbons (Fsp3) is 0.261. The van der Waals surface area contributed by atoms with Crippen LogP contribution >= 0.6 is 11.6 Å². The summed E-state index contributed by atoms with van der Waals surface area (Å²) in [5.41, 5.74) is 1.62. The van der Waals surface area contributed by atoms with Crippen LogP contribution in [0.4, 0.5) is 5.69 Å². The zero-order valence-electron chi connectivity index (χ0n) is 17.2. The summed E-state index contributed by atoms with van der Waals surface area (Å²) in [6.07, 6.45) is 4.27. The summed E-state index contributed by atoms with van der Waals surface area (Å²) < 4.78 is 18.1. The van der Waals surface area contributed by atoms with Crippen LogP contribution in [0, 0.1) is 0 Å². The molecule has 1 atom stereocenters. The number of carbonyl (C=O) groups is 1. The Labute approximate surface area is 181 Å². The van der Waals surface area contributed by atoms with Gasteiger partial charge in [-0.2, -0.15) is 0 Å². The Hall–Kier alpha value is -3.12. The predicted molar refractivity (Wildman–Crippen MR) is 118 cm³/mol. The Morgan fingerprint density at radius 3 is 2.13 bits per heavy atom. The molecule has 0 aliphatic heterocycles. The zero-order chi connectivity index (χ0) is 21.5. The van der Waals surface area contributed by atoms with Gasteiger partial charge in [0.15, 0.2) is 11.5 Å². The summed E-state index contributed by atoms with van der Waals surface area (Å²) in [7, 11) is 4.61. The maximum Gasteiger partial charge on any atom is 0.225 e. The molecule has 3 rings (SSSR count). The van der Waals surface area contributed by atoms with Crippen molar-refractivity contribution in [3.8, 4) is 17.2 Å². The third-order valence-corrected chi connectivity index (χ3v) is 5.07. The van der Waals surface area contributed by atoms with Gasteiger partial charge in [-0.15, -0.1) is 0 Å². The molecule has 0 saturated heterocycles. The van der Waals surface area contributed by atoms with Crippen molar-refractivity contribution in [2.75, 3.05) is 26.6 Å². The molecule has 158 valence electrons. The number of aromatic nitrogens is 1. The number of amides is 1. The van der Waals surface area contributed by atoms with E-state index in [0.717, 1.165) is 5.56 Å². The van der Waals surface area contributed by atoms with E-state index in [1.54, 1.807) is 12.1 Å². The zero-order valence-corrected chi connectivity index (χ0v) is 18.0. The van der Waals surface area contributed by atoms with Gasteiger partial charge in [-0.05, 0) is 29.8 Å². The molecule has 0 radical (unpaired) electrons. The summed E-state index contributed by atoms with van der Waals surface area (Å²) in [4.78, 5) is 12.9. The minimum atomic E-state index is -0.114. The molecule has 1 amide bonds. The number of halogens is 1. The normalized spacial score (nSPS) is 11.6. The number of hydrogen-bond acceptors (Lipinski definition) is 4. The quantitative estimate of drug-likeness (QED) is 0.522. The van der Waals surface area contributed by atoms with Crippen LogP contribution in [-0.4, -0.2) is 31.8 Å². The van der Waals surface area contributed by atoms with Crippen LogP contribution in [0.3, 0.4) is 0 Å². The number of rotatable bonds is 9. The van der Waals surface area contributed by atoms with Crippen molar-refractivity contribution in [3.63, 3.8) is 0 Å². The van der Waals surface area contributed by atoms with Gasteiger partial charge in [0.25, 0.3) is 0 Å². The van der Waals surface area contributed by atoms with Gasteiger partial charge < -0.3 is 24.1 Å². The molecule has 0 saturated carbocycles. The lowest BCUT2D eigenvalue weighted by atomic mass is 9.95. The van der Waals surface area contributed by atoms with Crippen molar-refractivity contribution < 1.29 is 19.0 Å². The number of hydrogen-bond donors (Lipinski definition) is 1. The van der Waals surface area contributed by atoms with E-state index < -0.39 is 0 Å². The minimum Gasteiger partial charge on any atom is -0.493 e. The maximum absolute atomic E-state index is 12.9. The minimum absolute atomic E-state index is 0.0169. The highest BCUT2D eigenvalue weighted by atomic mass is 35.5. The first-order valence-electron chi connectivity index (χ1n) is 9.50. The number of methoxy groups -OCH3 is 3. The van der Waals surface area contributed by atoms with Gasteiger partial charge in [0.1, 0.15) is 0 Å². The molecule has 2 aromatic carbocycles. The second-order valence-electron chi connectivity index (χ2n) is 6.79. The van der Waals surface area contributed by atoms with E-state index in [1.807, 2.05) is 48.8 Å². The largest absolute Gasteiger partial charge is 0.493 e. The van der Waals surface area contributed by atoms with Crippen molar-refractivity contribution in [2.24, 2.45) is 0 Å². The van der Waals surface area contributed by atoms with E-state index >= 15 is 0 Å². The maximum atomic E-state index is 12.9. The van der Waals surface area contributed by atoms with E-state index in [9.17, 15) is 4.79 Å². The SMILES string of the molecule is COc1cc(NC(=O)C[C@@H](Cn2cccc2)c2ccc(Cl)cc2)cc(OC)c1OC. The first-order chi connectivity index (χ1) is 14.5. The first kappa shape index (κ1) is 21.6. The molecule has 30 heavy (non-hydrogen) atoms. The highest BCUT2D eigenvalue weighted by Crippen LogP contribution is 2.40. The summed E-state index contributed by atoms with van der Waals surface area (Å²) >= 11 is 6.04. The molecule has 3 aromatic rings. The van der Waals surface area contributed by atoms with Gasteiger partial charge in [0.2, 0.25) is 11.7 Å². The first-order valence-corrected chi connectivity index (χ1v) is 9.88. The van der Waals surface area contributed by atoms with Gasteiger partial charge in [-0.25, -0.2) is 0 Å². The lowest BCUT2D eigenvalue weighted by molar-refractivity contribution is -0.116. The molecule has 0 spiro atoms. The van der Waals surface area contributed by atoms with Crippen LogP contribution in [0.1, 0.15) is 17.9 Å². The van der Waals surface area contributed by atoms with Crippen molar-refractivity contribution in [2.45, 2.75) is 18.9 Å². The topological polar surface area (TPSA) is 61.7 Å². The van der Waals surface area contributed by atoms with Crippen molar-refractivity contribution in [3.05, 3.63) is 71.5 Å². The number of benzene rings is 2. The van der Waals surface area contributed by atoms with Crippen LogP contribution in [0.2, 0.25) is 5.02 Å². The van der Waals surface area contributed by atoms with Crippen LogP contribution in [0.25, 0.3) is 0 Å². The average molecular weight is 429 g/mol. The molecule has 1 N–H and O–H groups in total. The Kier molecular flexibility index (Phi) is 7.25. The Bertz CT molecular complexity index is 946. The number of carbonyl (C=O) groups excluding carboxylic acids is 1. The molecule has 7 heteroatoms. The standard InChI is InChI=1S/C23H25ClN2O4/c1-28-20-13-19(14-21(29-2)23(20)30-3)25-22(27)12-17(15-26-10-4-5-11-26)16-6-8-18(24)9-7-16/h4-11,13-14,17H,12,15H2,1-3H3,(H,25,27)/t17-/m0/s1. The molecule has 1 heterocycles. The molecule has 0 aliphatic carbocycles. The van der Waals surface area contributed by atoms with E-state index in [2.05, 4.69) is 9.88 Å². The van der Waals surface area contributed by atoms with Gasteiger partial charge in [-0.1, -0.05) is 23.7 Å². The van der Waals surface area contributed by atoms with E-state index in [4.69, 9.17) is 25.8 Å². The number of anilines is 1. The Morgan fingerprint density at radius 1 is 1.00 bits per heavy atom. The molecular weight excluding hydrogens is 404 g/mol. The van der Waals surface area contributed by atoms with Crippen molar-refractivity contribution in [1.82, 2.24) is 4.57 Å². The van der Waals surface area contributed by atoms with Crippen LogP contribution in [-0.2, 0) is 11.3 Å². The smallest absolute Gasteiger partial charge is 0.225 e. The fourth-order valence-electron chi connectivity index (χ4n) is 3.36. The van der Waals surface area contributed by atoms with Crippen LogP contribution in [0.15, 0.2) is 60.9 Å². The van der Waals surface area contributed by atoms with Gasteiger partial charge in [0.05, 0.1) is 21.3 Å². The monoisotopic (exact) mass is 428 g/mol. The van der Waals surface area contributed by atoms with Gasteiger partial charge >= 0.3 is 0 Å². The number of nitrogens with one attached hydrogen (secondary N) is 1. The predicted octanol–water partition coefficient (Wildman–Crippen LogP) is 4.98. The third kappa shape index (κ3) is 5.27. The molecule has 0 fully saturated rings. The van der Waals surface area contributed by atoms with E-state index in [0.29, 0.717) is 40.9 Å². The molecule has 0 bridgehead atoms. The molecule has 1 aromatic heterocycles.